The third-order valence-electron chi connectivity index (χ3n) is 2.78. The highest BCUT2D eigenvalue weighted by Crippen LogP contribution is 2.15. The van der Waals surface area contributed by atoms with Crippen molar-refractivity contribution in [1.29, 1.82) is 0 Å². The summed E-state index contributed by atoms with van der Waals surface area (Å²) in [6, 6.07) is 0. The Labute approximate surface area is 106 Å². The molecule has 0 rings (SSSR count). The topological polar surface area (TPSA) is 52.3 Å². The molecule has 2 N–H and O–H groups in total. The van der Waals surface area contributed by atoms with Gasteiger partial charge in [-0.2, -0.15) is 0 Å². The maximum absolute atomic E-state index is 11.6. The second-order valence-corrected chi connectivity index (χ2v) is 5.69. The van der Waals surface area contributed by atoms with Crippen molar-refractivity contribution in [3.8, 4) is 0 Å². The Balaban J connectivity index is 3.68. The SMILES string of the molecule is CC(C)CCCOC(=O)CC(CN)CC(C)C. The van der Waals surface area contributed by atoms with Crippen LogP contribution in [-0.2, 0) is 9.53 Å². The monoisotopic (exact) mass is 243 g/mol. The molecule has 0 amide bonds. The highest BCUT2D eigenvalue weighted by Gasteiger charge is 2.14. The van der Waals surface area contributed by atoms with E-state index >= 15 is 0 Å². The van der Waals surface area contributed by atoms with Crippen LogP contribution in [0, 0.1) is 17.8 Å². The second kappa shape index (κ2) is 9.46. The van der Waals surface area contributed by atoms with E-state index in [2.05, 4.69) is 27.7 Å². The molecule has 1 unspecified atom stereocenters. The number of rotatable bonds is 9. The fraction of sp³-hybridized carbons (Fsp3) is 0.929. The molecule has 0 fully saturated rings. The van der Waals surface area contributed by atoms with Crippen LogP contribution in [0.1, 0.15) is 53.4 Å². The van der Waals surface area contributed by atoms with Gasteiger partial charge in [-0.05, 0) is 43.6 Å². The molecule has 0 radical (unpaired) electrons. The minimum atomic E-state index is -0.0927. The van der Waals surface area contributed by atoms with Crippen LogP contribution in [0.25, 0.3) is 0 Å². The van der Waals surface area contributed by atoms with Crippen molar-refractivity contribution in [3.63, 3.8) is 0 Å². The quantitative estimate of drug-likeness (QED) is 0.500. The zero-order valence-electron chi connectivity index (χ0n) is 11.9. The maximum Gasteiger partial charge on any atom is 0.306 e. The smallest absolute Gasteiger partial charge is 0.306 e. The Morgan fingerprint density at radius 1 is 1.18 bits per heavy atom. The van der Waals surface area contributed by atoms with E-state index in [9.17, 15) is 4.79 Å². The molecule has 0 aliphatic carbocycles. The number of carbonyl (C=O) groups is 1. The van der Waals surface area contributed by atoms with Gasteiger partial charge in [-0.15, -0.1) is 0 Å². The van der Waals surface area contributed by atoms with Crippen molar-refractivity contribution < 1.29 is 9.53 Å². The predicted octanol–water partition coefficient (Wildman–Crippen LogP) is 2.98. The lowest BCUT2D eigenvalue weighted by atomic mass is 9.94. The Morgan fingerprint density at radius 2 is 1.82 bits per heavy atom. The van der Waals surface area contributed by atoms with Crippen LogP contribution in [0.4, 0.5) is 0 Å². The number of hydrogen-bond acceptors (Lipinski definition) is 3. The summed E-state index contributed by atoms with van der Waals surface area (Å²) in [5, 5.41) is 0. The fourth-order valence-electron chi connectivity index (χ4n) is 1.90. The van der Waals surface area contributed by atoms with Gasteiger partial charge in [0.1, 0.15) is 0 Å². The lowest BCUT2D eigenvalue weighted by Gasteiger charge is -2.16. The summed E-state index contributed by atoms with van der Waals surface area (Å²) in [6.45, 7) is 9.77. The molecule has 3 heteroatoms. The highest BCUT2D eigenvalue weighted by molar-refractivity contribution is 5.69. The lowest BCUT2D eigenvalue weighted by molar-refractivity contribution is -0.145. The van der Waals surface area contributed by atoms with Crippen molar-refractivity contribution in [2.45, 2.75) is 53.4 Å². The van der Waals surface area contributed by atoms with Crippen LogP contribution >= 0.6 is 0 Å². The van der Waals surface area contributed by atoms with E-state index in [4.69, 9.17) is 10.5 Å². The molecule has 3 nitrogen and oxygen atoms in total. The first-order valence-electron chi connectivity index (χ1n) is 6.81. The van der Waals surface area contributed by atoms with Crippen molar-refractivity contribution >= 4 is 5.97 Å². The molecule has 0 spiro atoms. The van der Waals surface area contributed by atoms with E-state index in [1.807, 2.05) is 0 Å². The largest absolute Gasteiger partial charge is 0.466 e. The zero-order chi connectivity index (χ0) is 13.3. The predicted molar refractivity (Wildman–Crippen MR) is 71.6 cm³/mol. The van der Waals surface area contributed by atoms with Gasteiger partial charge in [0.25, 0.3) is 0 Å². The van der Waals surface area contributed by atoms with Crippen LogP contribution in [0.2, 0.25) is 0 Å². The summed E-state index contributed by atoms with van der Waals surface area (Å²) in [4.78, 5) is 11.6. The van der Waals surface area contributed by atoms with E-state index in [0.717, 1.165) is 19.3 Å². The average Bonchev–Trinajstić information content (AvgIpc) is 2.22. The summed E-state index contributed by atoms with van der Waals surface area (Å²) < 4.78 is 5.21. The summed E-state index contributed by atoms with van der Waals surface area (Å²) >= 11 is 0. The third kappa shape index (κ3) is 10.3. The molecule has 0 aliphatic heterocycles. The second-order valence-electron chi connectivity index (χ2n) is 5.69. The summed E-state index contributed by atoms with van der Waals surface area (Å²) in [7, 11) is 0. The van der Waals surface area contributed by atoms with E-state index in [1.54, 1.807) is 0 Å². The van der Waals surface area contributed by atoms with Crippen LogP contribution in [0.3, 0.4) is 0 Å². The average molecular weight is 243 g/mol. The van der Waals surface area contributed by atoms with E-state index in [-0.39, 0.29) is 11.9 Å². The third-order valence-corrected chi connectivity index (χ3v) is 2.78. The summed E-state index contributed by atoms with van der Waals surface area (Å²) in [5.41, 5.74) is 5.66. The molecule has 0 aliphatic rings. The molecule has 0 saturated heterocycles. The lowest BCUT2D eigenvalue weighted by Crippen LogP contribution is -2.21. The molecule has 1 atom stereocenters. The highest BCUT2D eigenvalue weighted by atomic mass is 16.5. The van der Waals surface area contributed by atoms with Gasteiger partial charge in [-0.3, -0.25) is 4.79 Å². The number of ether oxygens (including phenoxy) is 1. The molecule has 102 valence electrons. The van der Waals surface area contributed by atoms with Crippen LogP contribution < -0.4 is 5.73 Å². The molecular weight excluding hydrogens is 214 g/mol. The molecule has 0 aromatic rings. The van der Waals surface area contributed by atoms with Gasteiger partial charge in [0.2, 0.25) is 0 Å². The van der Waals surface area contributed by atoms with Gasteiger partial charge < -0.3 is 10.5 Å². The minimum Gasteiger partial charge on any atom is -0.466 e. The minimum absolute atomic E-state index is 0.0927. The first kappa shape index (κ1) is 16.4. The van der Waals surface area contributed by atoms with Crippen LogP contribution in [0.15, 0.2) is 0 Å². The van der Waals surface area contributed by atoms with E-state index < -0.39 is 0 Å². The number of carbonyl (C=O) groups excluding carboxylic acids is 1. The first-order chi connectivity index (χ1) is 7.95. The Morgan fingerprint density at radius 3 is 2.29 bits per heavy atom. The summed E-state index contributed by atoms with van der Waals surface area (Å²) in [6.07, 6.45) is 3.54. The first-order valence-corrected chi connectivity index (χ1v) is 6.81. The Hall–Kier alpha value is -0.570. The van der Waals surface area contributed by atoms with Crippen LogP contribution in [0.5, 0.6) is 0 Å². The molecule has 0 saturated carbocycles. The molecule has 0 bridgehead atoms. The van der Waals surface area contributed by atoms with Crippen molar-refractivity contribution in [3.05, 3.63) is 0 Å². The van der Waals surface area contributed by atoms with E-state index in [1.165, 1.54) is 0 Å². The normalized spacial score (nSPS) is 13.1. The van der Waals surface area contributed by atoms with Gasteiger partial charge in [0.05, 0.1) is 6.61 Å². The maximum atomic E-state index is 11.6. The standard InChI is InChI=1S/C14H29NO2/c1-11(2)6-5-7-17-14(16)9-13(10-15)8-12(3)4/h11-13H,5-10,15H2,1-4H3. The molecule has 17 heavy (non-hydrogen) atoms. The number of hydrogen-bond donors (Lipinski definition) is 1. The molecular formula is C14H29NO2. The van der Waals surface area contributed by atoms with Gasteiger partial charge in [0, 0.05) is 6.42 Å². The van der Waals surface area contributed by atoms with Gasteiger partial charge in [0.15, 0.2) is 0 Å². The molecule has 0 heterocycles. The Kier molecular flexibility index (Phi) is 9.14. The van der Waals surface area contributed by atoms with Crippen LogP contribution in [-0.4, -0.2) is 19.1 Å². The van der Waals surface area contributed by atoms with Crippen molar-refractivity contribution in [2.24, 2.45) is 23.5 Å². The van der Waals surface area contributed by atoms with Gasteiger partial charge in [-0.25, -0.2) is 0 Å². The summed E-state index contributed by atoms with van der Waals surface area (Å²) in [5.74, 6) is 1.43. The van der Waals surface area contributed by atoms with Gasteiger partial charge in [-0.1, -0.05) is 27.7 Å². The molecule has 0 aromatic heterocycles. The van der Waals surface area contributed by atoms with E-state index in [0.29, 0.717) is 31.4 Å². The zero-order valence-corrected chi connectivity index (χ0v) is 11.9. The fourth-order valence-corrected chi connectivity index (χ4v) is 1.90. The molecule has 0 aromatic carbocycles. The van der Waals surface area contributed by atoms with Crippen molar-refractivity contribution in [1.82, 2.24) is 0 Å². The number of esters is 1. The Bertz CT molecular complexity index is 202. The van der Waals surface area contributed by atoms with Gasteiger partial charge >= 0.3 is 5.97 Å². The number of nitrogens with two attached hydrogens (primary N) is 1. The van der Waals surface area contributed by atoms with Crippen molar-refractivity contribution in [2.75, 3.05) is 13.2 Å².